The van der Waals surface area contributed by atoms with Crippen molar-refractivity contribution in [2.75, 3.05) is 0 Å². The van der Waals surface area contributed by atoms with Gasteiger partial charge in [-0.2, -0.15) is 0 Å². The molecular formula is C22H22BrN2O4-. The summed E-state index contributed by atoms with van der Waals surface area (Å²) in [5, 5.41) is 16.4. The molecule has 29 heavy (non-hydrogen) atoms. The van der Waals surface area contributed by atoms with Crippen LogP contribution in [-0.4, -0.2) is 23.8 Å². The second-order valence-electron chi connectivity index (χ2n) is 6.90. The second-order valence-corrected chi connectivity index (χ2v) is 7.82. The summed E-state index contributed by atoms with van der Waals surface area (Å²) in [5.74, 6) is -2.51. The summed E-state index contributed by atoms with van der Waals surface area (Å²) in [5.41, 5.74) is 0.986. The molecule has 0 heterocycles. The molecular weight excluding hydrogens is 436 g/mol. The zero-order valence-electron chi connectivity index (χ0n) is 16.1. The number of carboxylic acids is 1. The van der Waals surface area contributed by atoms with Crippen molar-refractivity contribution in [3.05, 3.63) is 75.9 Å². The molecule has 0 aromatic heterocycles. The molecule has 0 aliphatic heterocycles. The van der Waals surface area contributed by atoms with Crippen molar-refractivity contribution < 1.29 is 19.5 Å². The molecule has 0 fully saturated rings. The van der Waals surface area contributed by atoms with Gasteiger partial charge in [-0.15, -0.1) is 0 Å². The lowest BCUT2D eigenvalue weighted by Gasteiger charge is -2.22. The number of aliphatic carboxylic acids is 1. The Labute approximate surface area is 178 Å². The van der Waals surface area contributed by atoms with Crippen LogP contribution >= 0.6 is 15.9 Å². The van der Waals surface area contributed by atoms with E-state index in [4.69, 9.17) is 0 Å². The van der Waals surface area contributed by atoms with Crippen LogP contribution in [0.1, 0.15) is 36.2 Å². The highest BCUT2D eigenvalue weighted by atomic mass is 79.9. The van der Waals surface area contributed by atoms with E-state index in [1.54, 1.807) is 48.5 Å². The van der Waals surface area contributed by atoms with Crippen LogP contribution in [0.25, 0.3) is 6.08 Å². The van der Waals surface area contributed by atoms with Gasteiger partial charge in [0, 0.05) is 10.0 Å². The predicted octanol–water partition coefficient (Wildman–Crippen LogP) is 2.50. The number of nitrogens with one attached hydrogen (secondary N) is 2. The highest BCUT2D eigenvalue weighted by Crippen LogP contribution is 2.12. The minimum Gasteiger partial charge on any atom is -0.548 e. The molecule has 0 radical (unpaired) electrons. The molecule has 1 atom stereocenters. The number of hydrogen-bond acceptors (Lipinski definition) is 4. The van der Waals surface area contributed by atoms with Crippen molar-refractivity contribution in [2.45, 2.75) is 26.3 Å². The zero-order chi connectivity index (χ0) is 21.4. The Morgan fingerprint density at radius 2 is 1.66 bits per heavy atom. The third-order valence-corrected chi connectivity index (χ3v) is 4.54. The van der Waals surface area contributed by atoms with Crippen molar-refractivity contribution in [3.8, 4) is 0 Å². The number of halogens is 1. The van der Waals surface area contributed by atoms with Crippen LogP contribution in [0, 0.1) is 5.92 Å². The number of carbonyl (C=O) groups is 3. The van der Waals surface area contributed by atoms with Crippen molar-refractivity contribution in [1.82, 2.24) is 10.6 Å². The van der Waals surface area contributed by atoms with Crippen LogP contribution in [0.5, 0.6) is 0 Å². The Hall–Kier alpha value is -2.93. The average molecular weight is 458 g/mol. The van der Waals surface area contributed by atoms with Gasteiger partial charge in [-0.3, -0.25) is 9.59 Å². The Balaban J connectivity index is 2.28. The molecule has 0 bridgehead atoms. The van der Waals surface area contributed by atoms with Gasteiger partial charge >= 0.3 is 0 Å². The van der Waals surface area contributed by atoms with Crippen LogP contribution in [-0.2, 0) is 9.59 Å². The van der Waals surface area contributed by atoms with E-state index >= 15 is 0 Å². The standard InChI is InChI=1S/C22H23BrN2O4/c1-14(2)12-19(22(28)29)25-21(27)18(13-15-6-4-3-5-7-15)24-20(26)16-8-10-17(23)11-9-16/h3-11,13-14,19H,12H2,1-2H3,(H,24,26)(H,25,27)(H,28,29)/p-1/b18-13-/t19-/m1/s1. The molecule has 2 N–H and O–H groups in total. The summed E-state index contributed by atoms with van der Waals surface area (Å²) < 4.78 is 0.817. The van der Waals surface area contributed by atoms with Crippen molar-refractivity contribution in [3.63, 3.8) is 0 Å². The van der Waals surface area contributed by atoms with Crippen LogP contribution in [0.15, 0.2) is 64.8 Å². The predicted molar refractivity (Wildman–Crippen MR) is 112 cm³/mol. The molecule has 0 saturated heterocycles. The normalized spacial score (nSPS) is 12.3. The minimum absolute atomic E-state index is 0.0390. The monoisotopic (exact) mass is 457 g/mol. The number of hydrogen-bond donors (Lipinski definition) is 2. The van der Waals surface area contributed by atoms with Crippen molar-refractivity contribution >= 4 is 39.8 Å². The van der Waals surface area contributed by atoms with E-state index < -0.39 is 23.8 Å². The highest BCUT2D eigenvalue weighted by Gasteiger charge is 2.20. The van der Waals surface area contributed by atoms with E-state index in [0.29, 0.717) is 11.1 Å². The van der Waals surface area contributed by atoms with E-state index in [9.17, 15) is 19.5 Å². The number of amides is 2. The third-order valence-electron chi connectivity index (χ3n) is 4.01. The minimum atomic E-state index is -1.37. The molecule has 0 unspecified atom stereocenters. The van der Waals surface area contributed by atoms with Gasteiger partial charge in [-0.1, -0.05) is 60.1 Å². The Bertz CT molecular complexity index is 893. The van der Waals surface area contributed by atoms with Gasteiger partial charge in [0.15, 0.2) is 0 Å². The van der Waals surface area contributed by atoms with Crippen LogP contribution in [0.4, 0.5) is 0 Å². The topological polar surface area (TPSA) is 98.3 Å². The second kappa shape index (κ2) is 10.6. The van der Waals surface area contributed by atoms with E-state index in [-0.39, 0.29) is 18.0 Å². The molecule has 2 aromatic carbocycles. The van der Waals surface area contributed by atoms with E-state index in [1.165, 1.54) is 6.08 Å². The van der Waals surface area contributed by atoms with Gasteiger partial charge < -0.3 is 20.5 Å². The molecule has 0 spiro atoms. The van der Waals surface area contributed by atoms with Crippen LogP contribution in [0.3, 0.4) is 0 Å². The maximum atomic E-state index is 12.8. The van der Waals surface area contributed by atoms with Gasteiger partial charge in [-0.05, 0) is 48.2 Å². The van der Waals surface area contributed by atoms with Crippen LogP contribution in [0.2, 0.25) is 0 Å². The SMILES string of the molecule is CC(C)C[C@@H](NC(=O)/C(=C/c1ccccc1)NC(=O)c1ccc(Br)cc1)C(=O)[O-]. The van der Waals surface area contributed by atoms with Crippen molar-refractivity contribution in [2.24, 2.45) is 5.92 Å². The molecule has 2 rings (SSSR count). The highest BCUT2D eigenvalue weighted by molar-refractivity contribution is 9.10. The summed E-state index contributed by atoms with van der Waals surface area (Å²) >= 11 is 3.30. The molecule has 2 aromatic rings. The molecule has 0 aliphatic rings. The summed E-state index contributed by atoms with van der Waals surface area (Å²) in [6.45, 7) is 3.69. The number of carbonyl (C=O) groups excluding carboxylic acids is 3. The molecule has 0 saturated carbocycles. The maximum Gasteiger partial charge on any atom is 0.268 e. The Kier molecular flexibility index (Phi) is 8.15. The number of carboxylic acid groups (broad SMARTS) is 1. The molecule has 152 valence electrons. The first kappa shape index (κ1) is 22.4. The number of rotatable bonds is 8. The van der Waals surface area contributed by atoms with Crippen LogP contribution < -0.4 is 15.7 Å². The summed E-state index contributed by atoms with van der Waals surface area (Å²) in [4.78, 5) is 36.7. The smallest absolute Gasteiger partial charge is 0.268 e. The van der Waals surface area contributed by atoms with E-state index in [1.807, 2.05) is 19.9 Å². The Morgan fingerprint density at radius 1 is 1.03 bits per heavy atom. The molecule has 7 heteroatoms. The lowest BCUT2D eigenvalue weighted by atomic mass is 10.0. The average Bonchev–Trinajstić information content (AvgIpc) is 2.67. The maximum absolute atomic E-state index is 12.8. The first-order valence-electron chi connectivity index (χ1n) is 9.11. The largest absolute Gasteiger partial charge is 0.548 e. The van der Waals surface area contributed by atoms with Gasteiger partial charge in [0.25, 0.3) is 11.8 Å². The summed E-state index contributed by atoms with van der Waals surface area (Å²) in [6, 6.07) is 14.4. The first-order valence-corrected chi connectivity index (χ1v) is 9.91. The fraction of sp³-hybridized carbons (Fsp3) is 0.227. The van der Waals surface area contributed by atoms with Gasteiger partial charge in [0.2, 0.25) is 0 Å². The third kappa shape index (κ3) is 7.19. The van der Waals surface area contributed by atoms with Gasteiger partial charge in [-0.25, -0.2) is 0 Å². The Morgan fingerprint density at radius 3 is 2.21 bits per heavy atom. The molecule has 2 amide bonds. The van der Waals surface area contributed by atoms with Gasteiger partial charge in [0.1, 0.15) is 5.70 Å². The van der Waals surface area contributed by atoms with E-state index in [2.05, 4.69) is 26.6 Å². The fourth-order valence-corrected chi connectivity index (χ4v) is 2.86. The number of benzene rings is 2. The van der Waals surface area contributed by atoms with Crippen molar-refractivity contribution in [1.29, 1.82) is 0 Å². The fourth-order valence-electron chi connectivity index (χ4n) is 2.59. The first-order chi connectivity index (χ1) is 13.8. The lowest BCUT2D eigenvalue weighted by Crippen LogP contribution is -2.50. The molecule has 0 aliphatic carbocycles. The molecule has 6 nitrogen and oxygen atoms in total. The van der Waals surface area contributed by atoms with E-state index in [0.717, 1.165) is 4.47 Å². The lowest BCUT2D eigenvalue weighted by molar-refractivity contribution is -0.308. The zero-order valence-corrected chi connectivity index (χ0v) is 17.7. The summed E-state index contributed by atoms with van der Waals surface area (Å²) in [7, 11) is 0. The van der Waals surface area contributed by atoms with Gasteiger partial charge in [0.05, 0.1) is 12.0 Å². The quantitative estimate of drug-likeness (QED) is 0.594. The summed E-state index contributed by atoms with van der Waals surface area (Å²) in [6.07, 6.45) is 1.71.